The summed E-state index contributed by atoms with van der Waals surface area (Å²) in [6, 6.07) is 22.7. The molecule has 0 atom stereocenters. The van der Waals surface area contributed by atoms with Gasteiger partial charge in [-0.2, -0.15) is 0 Å². The summed E-state index contributed by atoms with van der Waals surface area (Å²) in [5.74, 6) is 0. The zero-order valence-electron chi connectivity index (χ0n) is 13.7. The van der Waals surface area contributed by atoms with Crippen molar-refractivity contribution in [2.75, 3.05) is 0 Å². The quantitative estimate of drug-likeness (QED) is 0.468. The Morgan fingerprint density at radius 3 is 2.12 bits per heavy atom. The largest absolute Gasteiger partial charge is 0.256 e. The Bertz CT molecular complexity index is 852. The highest BCUT2D eigenvalue weighted by molar-refractivity contribution is 7.99. The van der Waals surface area contributed by atoms with Crippen molar-refractivity contribution in [1.82, 2.24) is 0 Å². The van der Waals surface area contributed by atoms with E-state index in [9.17, 15) is 0 Å². The molecular formula is C21H18ClNS. The van der Waals surface area contributed by atoms with Crippen LogP contribution in [0, 0.1) is 13.8 Å². The normalized spacial score (nSPS) is 11.1. The van der Waals surface area contributed by atoms with Crippen LogP contribution in [0.2, 0.25) is 5.02 Å². The molecule has 3 aromatic rings. The summed E-state index contributed by atoms with van der Waals surface area (Å²) in [4.78, 5) is 7.01. The lowest BCUT2D eigenvalue weighted by Gasteiger charge is -2.03. The minimum Gasteiger partial charge on any atom is -0.256 e. The number of nitrogens with zero attached hydrogens (tertiary/aromatic N) is 1. The van der Waals surface area contributed by atoms with E-state index in [1.165, 1.54) is 15.4 Å². The van der Waals surface area contributed by atoms with Crippen LogP contribution in [0.1, 0.15) is 16.7 Å². The highest BCUT2D eigenvalue weighted by atomic mass is 35.5. The molecule has 1 nitrogen and oxygen atoms in total. The third kappa shape index (κ3) is 4.50. The molecule has 0 aliphatic carbocycles. The van der Waals surface area contributed by atoms with Gasteiger partial charge in [0.1, 0.15) is 0 Å². The minimum absolute atomic E-state index is 0.706. The Balaban J connectivity index is 1.71. The summed E-state index contributed by atoms with van der Waals surface area (Å²) < 4.78 is 0. The summed E-state index contributed by atoms with van der Waals surface area (Å²) in [5, 5.41) is 0.706. The number of halogens is 1. The number of aryl methyl sites for hydroxylation is 2. The molecule has 0 radical (unpaired) electrons. The third-order valence-electron chi connectivity index (χ3n) is 3.66. The van der Waals surface area contributed by atoms with Gasteiger partial charge in [0.05, 0.1) is 5.69 Å². The first-order chi connectivity index (χ1) is 11.6. The molecule has 3 rings (SSSR count). The molecule has 3 heteroatoms. The smallest absolute Gasteiger partial charge is 0.0673 e. The lowest BCUT2D eigenvalue weighted by molar-refractivity contribution is 1.36. The molecule has 0 aromatic heterocycles. The maximum absolute atomic E-state index is 6.03. The fourth-order valence-electron chi connectivity index (χ4n) is 2.23. The molecule has 120 valence electrons. The lowest BCUT2D eigenvalue weighted by atomic mass is 10.2. The Labute approximate surface area is 152 Å². The molecule has 0 bridgehead atoms. The number of hydrogen-bond acceptors (Lipinski definition) is 2. The van der Waals surface area contributed by atoms with Crippen molar-refractivity contribution in [3.63, 3.8) is 0 Å². The van der Waals surface area contributed by atoms with Gasteiger partial charge in [-0.05, 0) is 61.4 Å². The van der Waals surface area contributed by atoms with Crippen LogP contribution in [-0.2, 0) is 0 Å². The van der Waals surface area contributed by atoms with Crippen molar-refractivity contribution in [3.05, 3.63) is 88.4 Å². The minimum atomic E-state index is 0.706. The Morgan fingerprint density at radius 1 is 0.833 bits per heavy atom. The van der Waals surface area contributed by atoms with Gasteiger partial charge in [0, 0.05) is 21.0 Å². The summed E-state index contributed by atoms with van der Waals surface area (Å²) in [6.45, 7) is 4.13. The summed E-state index contributed by atoms with van der Waals surface area (Å²) in [6.07, 6.45) is 1.87. The van der Waals surface area contributed by atoms with Crippen molar-refractivity contribution in [3.8, 4) is 0 Å². The second-order valence-electron chi connectivity index (χ2n) is 5.67. The zero-order valence-corrected chi connectivity index (χ0v) is 15.2. The molecule has 0 saturated heterocycles. The van der Waals surface area contributed by atoms with Crippen molar-refractivity contribution in [1.29, 1.82) is 0 Å². The molecule has 24 heavy (non-hydrogen) atoms. The van der Waals surface area contributed by atoms with Crippen LogP contribution in [0.4, 0.5) is 5.69 Å². The first kappa shape index (κ1) is 16.8. The predicted octanol–water partition coefficient (Wildman–Crippen LogP) is 6.86. The third-order valence-corrected chi connectivity index (χ3v) is 4.91. The van der Waals surface area contributed by atoms with E-state index in [2.05, 4.69) is 60.4 Å². The Kier molecular flexibility index (Phi) is 5.39. The molecule has 0 saturated carbocycles. The van der Waals surface area contributed by atoms with Gasteiger partial charge in [-0.25, -0.2) is 0 Å². The topological polar surface area (TPSA) is 12.4 Å². The van der Waals surface area contributed by atoms with Crippen LogP contribution in [0.25, 0.3) is 0 Å². The summed E-state index contributed by atoms with van der Waals surface area (Å²) in [7, 11) is 0. The van der Waals surface area contributed by atoms with Gasteiger partial charge >= 0.3 is 0 Å². The van der Waals surface area contributed by atoms with Gasteiger partial charge in [0.15, 0.2) is 0 Å². The molecule has 0 aliphatic heterocycles. The zero-order chi connectivity index (χ0) is 16.9. The van der Waals surface area contributed by atoms with Crippen molar-refractivity contribution in [2.45, 2.75) is 23.6 Å². The number of benzene rings is 3. The summed E-state index contributed by atoms with van der Waals surface area (Å²) >= 11 is 7.79. The lowest BCUT2D eigenvalue weighted by Crippen LogP contribution is -1.82. The van der Waals surface area contributed by atoms with Gasteiger partial charge in [0.2, 0.25) is 0 Å². The second-order valence-corrected chi connectivity index (χ2v) is 7.26. The monoisotopic (exact) mass is 351 g/mol. The van der Waals surface area contributed by atoms with Gasteiger partial charge in [-0.3, -0.25) is 4.99 Å². The van der Waals surface area contributed by atoms with E-state index in [4.69, 9.17) is 11.6 Å². The van der Waals surface area contributed by atoms with Gasteiger partial charge in [-0.1, -0.05) is 59.3 Å². The van der Waals surface area contributed by atoms with Crippen molar-refractivity contribution < 1.29 is 0 Å². The molecule has 0 amide bonds. The van der Waals surface area contributed by atoms with Crippen LogP contribution in [-0.4, -0.2) is 6.21 Å². The first-order valence-corrected chi connectivity index (χ1v) is 8.94. The number of rotatable bonds is 4. The van der Waals surface area contributed by atoms with E-state index in [1.807, 2.05) is 31.3 Å². The van der Waals surface area contributed by atoms with Crippen molar-refractivity contribution >= 4 is 35.3 Å². The molecule has 0 fully saturated rings. The molecular weight excluding hydrogens is 334 g/mol. The van der Waals surface area contributed by atoms with Crippen LogP contribution >= 0.6 is 23.4 Å². The summed E-state index contributed by atoms with van der Waals surface area (Å²) in [5.41, 5.74) is 4.37. The fourth-order valence-corrected chi connectivity index (χ4v) is 3.21. The number of aliphatic imine (C=N–C) groups is 1. The van der Waals surface area contributed by atoms with Crippen LogP contribution in [0.5, 0.6) is 0 Å². The Hall–Kier alpha value is -2.03. The highest BCUT2D eigenvalue weighted by Crippen LogP contribution is 2.28. The van der Waals surface area contributed by atoms with E-state index in [0.29, 0.717) is 5.02 Å². The van der Waals surface area contributed by atoms with Crippen LogP contribution in [0.3, 0.4) is 0 Å². The Morgan fingerprint density at radius 2 is 1.46 bits per heavy atom. The van der Waals surface area contributed by atoms with Crippen LogP contribution < -0.4 is 0 Å². The van der Waals surface area contributed by atoms with Gasteiger partial charge in [-0.15, -0.1) is 0 Å². The average molecular weight is 352 g/mol. The maximum atomic E-state index is 6.03. The standard InChI is InChI=1S/C21H18ClNS/c1-15-3-9-19(10-4-15)24-20-11-6-17(7-12-20)14-23-21-13-18(22)8-5-16(21)2/h3-14H,1-2H3. The molecule has 0 unspecified atom stereocenters. The van der Waals surface area contributed by atoms with E-state index >= 15 is 0 Å². The molecule has 0 aliphatic rings. The molecule has 0 N–H and O–H groups in total. The van der Waals surface area contributed by atoms with Gasteiger partial charge in [0.25, 0.3) is 0 Å². The average Bonchev–Trinajstić information content (AvgIpc) is 2.59. The molecule has 0 heterocycles. The van der Waals surface area contributed by atoms with Crippen molar-refractivity contribution in [2.24, 2.45) is 4.99 Å². The second kappa shape index (κ2) is 7.69. The van der Waals surface area contributed by atoms with Gasteiger partial charge < -0.3 is 0 Å². The maximum Gasteiger partial charge on any atom is 0.0673 e. The van der Waals surface area contributed by atoms with E-state index < -0.39 is 0 Å². The van der Waals surface area contributed by atoms with E-state index in [1.54, 1.807) is 11.8 Å². The SMILES string of the molecule is Cc1ccc(Sc2ccc(C=Nc3cc(Cl)ccc3C)cc2)cc1. The van der Waals surface area contributed by atoms with Crippen LogP contribution in [0.15, 0.2) is 81.5 Å². The number of hydrogen-bond donors (Lipinski definition) is 0. The predicted molar refractivity (Wildman–Crippen MR) is 105 cm³/mol. The van der Waals surface area contributed by atoms with E-state index in [-0.39, 0.29) is 0 Å². The molecule has 0 spiro atoms. The van der Waals surface area contributed by atoms with E-state index in [0.717, 1.165) is 16.8 Å². The fraction of sp³-hybridized carbons (Fsp3) is 0.0952. The highest BCUT2D eigenvalue weighted by Gasteiger charge is 1.99. The first-order valence-electron chi connectivity index (χ1n) is 7.75. The molecule has 3 aromatic carbocycles.